The van der Waals surface area contributed by atoms with Crippen LogP contribution in [0.1, 0.15) is 34.6 Å². The quantitative estimate of drug-likeness (QED) is 0.557. The van der Waals surface area contributed by atoms with Crippen LogP contribution in [0.2, 0.25) is 0 Å². The fourth-order valence-electron chi connectivity index (χ4n) is 0.609. The van der Waals surface area contributed by atoms with E-state index in [-0.39, 0.29) is 11.5 Å². The molecule has 0 aliphatic heterocycles. The number of rotatable bonds is 1. The molecule has 2 N–H and O–H groups in total. The van der Waals surface area contributed by atoms with Crippen LogP contribution in [0.5, 0.6) is 0 Å². The van der Waals surface area contributed by atoms with Gasteiger partial charge in [0.1, 0.15) is 0 Å². The maximum Gasteiger partial charge on any atom is 0.0275 e. The highest BCUT2D eigenvalue weighted by Crippen LogP contribution is 2.18. The summed E-state index contributed by atoms with van der Waals surface area (Å²) < 4.78 is 0. The van der Waals surface area contributed by atoms with Crippen molar-refractivity contribution in [2.75, 3.05) is 0 Å². The van der Waals surface area contributed by atoms with Gasteiger partial charge < -0.3 is 5.73 Å². The predicted octanol–water partition coefficient (Wildman–Crippen LogP) is 2.33. The van der Waals surface area contributed by atoms with Crippen LogP contribution >= 0.6 is 0 Å². The molecule has 0 heterocycles. The molecule has 0 aromatic rings. The van der Waals surface area contributed by atoms with E-state index in [4.69, 9.17) is 5.73 Å². The van der Waals surface area contributed by atoms with Crippen LogP contribution in [0.15, 0.2) is 11.6 Å². The summed E-state index contributed by atoms with van der Waals surface area (Å²) in [5.74, 6) is 0. The standard InChI is InChI=1S/C9H19N/c1-7(2)6-8(10)9(3,4)5/h6,8H,10H2,1-5H3. The van der Waals surface area contributed by atoms with Crippen LogP contribution in [0.3, 0.4) is 0 Å². The van der Waals surface area contributed by atoms with E-state index in [1.54, 1.807) is 0 Å². The molecule has 1 heteroatoms. The lowest BCUT2D eigenvalue weighted by Crippen LogP contribution is -2.33. The lowest BCUT2D eigenvalue weighted by Gasteiger charge is -2.24. The zero-order valence-corrected chi connectivity index (χ0v) is 7.73. The Hall–Kier alpha value is -0.300. The topological polar surface area (TPSA) is 26.0 Å². The van der Waals surface area contributed by atoms with Crippen molar-refractivity contribution < 1.29 is 0 Å². The van der Waals surface area contributed by atoms with Crippen molar-refractivity contribution in [3.8, 4) is 0 Å². The third-order valence-corrected chi connectivity index (χ3v) is 1.51. The van der Waals surface area contributed by atoms with E-state index in [1.165, 1.54) is 5.57 Å². The smallest absolute Gasteiger partial charge is 0.0275 e. The summed E-state index contributed by atoms with van der Waals surface area (Å²) in [4.78, 5) is 0. The van der Waals surface area contributed by atoms with Gasteiger partial charge in [0.15, 0.2) is 0 Å². The average Bonchev–Trinajstić information content (AvgIpc) is 1.60. The summed E-state index contributed by atoms with van der Waals surface area (Å²) in [6, 6.07) is 0.178. The Bertz CT molecular complexity index is 124. The van der Waals surface area contributed by atoms with E-state index in [0.29, 0.717) is 0 Å². The van der Waals surface area contributed by atoms with Gasteiger partial charge in [-0.25, -0.2) is 0 Å². The minimum atomic E-state index is 0.178. The fourth-order valence-corrected chi connectivity index (χ4v) is 0.609. The van der Waals surface area contributed by atoms with Gasteiger partial charge in [0.2, 0.25) is 0 Å². The number of allylic oxidation sites excluding steroid dienone is 1. The van der Waals surface area contributed by atoms with E-state index in [2.05, 4.69) is 40.7 Å². The first-order valence-corrected chi connectivity index (χ1v) is 3.74. The van der Waals surface area contributed by atoms with Gasteiger partial charge in [-0.05, 0) is 19.3 Å². The van der Waals surface area contributed by atoms with E-state index in [1.807, 2.05) is 0 Å². The molecular formula is C9H19N. The van der Waals surface area contributed by atoms with Crippen molar-refractivity contribution in [2.24, 2.45) is 11.1 Å². The normalized spacial score (nSPS) is 14.6. The summed E-state index contributed by atoms with van der Waals surface area (Å²) in [7, 11) is 0. The SMILES string of the molecule is CC(C)=CC(N)C(C)(C)C. The molecule has 1 unspecified atom stereocenters. The second-order valence-corrected chi connectivity index (χ2v) is 4.14. The lowest BCUT2D eigenvalue weighted by atomic mass is 9.86. The molecule has 0 aromatic carbocycles. The van der Waals surface area contributed by atoms with Gasteiger partial charge in [0.05, 0.1) is 0 Å². The second-order valence-electron chi connectivity index (χ2n) is 4.14. The highest BCUT2D eigenvalue weighted by molar-refractivity contribution is 5.03. The molecule has 0 aliphatic carbocycles. The molecule has 0 fully saturated rings. The van der Waals surface area contributed by atoms with Crippen molar-refractivity contribution in [1.29, 1.82) is 0 Å². The van der Waals surface area contributed by atoms with Crippen LogP contribution in [-0.2, 0) is 0 Å². The molecule has 0 aromatic heterocycles. The van der Waals surface area contributed by atoms with E-state index in [0.717, 1.165) is 0 Å². The monoisotopic (exact) mass is 141 g/mol. The van der Waals surface area contributed by atoms with E-state index in [9.17, 15) is 0 Å². The van der Waals surface area contributed by atoms with Crippen LogP contribution in [0.4, 0.5) is 0 Å². The van der Waals surface area contributed by atoms with E-state index < -0.39 is 0 Å². The van der Waals surface area contributed by atoms with Crippen LogP contribution in [0, 0.1) is 5.41 Å². The largest absolute Gasteiger partial charge is 0.324 e. The molecular weight excluding hydrogens is 122 g/mol. The summed E-state index contributed by atoms with van der Waals surface area (Å²) in [5.41, 5.74) is 7.36. The van der Waals surface area contributed by atoms with Crippen molar-refractivity contribution in [3.63, 3.8) is 0 Å². The number of nitrogens with two attached hydrogens (primary N) is 1. The Morgan fingerprint density at radius 3 is 1.80 bits per heavy atom. The predicted molar refractivity (Wildman–Crippen MR) is 46.9 cm³/mol. The Kier molecular flexibility index (Phi) is 3.10. The van der Waals surface area contributed by atoms with Gasteiger partial charge in [0, 0.05) is 6.04 Å². The first-order valence-electron chi connectivity index (χ1n) is 3.74. The first-order chi connectivity index (χ1) is 4.34. The van der Waals surface area contributed by atoms with Gasteiger partial charge in [-0.15, -0.1) is 0 Å². The summed E-state index contributed by atoms with van der Waals surface area (Å²) >= 11 is 0. The second kappa shape index (κ2) is 3.20. The Labute approximate surface area is 64.3 Å². The molecule has 0 amide bonds. The third kappa shape index (κ3) is 3.67. The van der Waals surface area contributed by atoms with Gasteiger partial charge in [-0.1, -0.05) is 32.4 Å². The van der Waals surface area contributed by atoms with Crippen molar-refractivity contribution in [3.05, 3.63) is 11.6 Å². The fraction of sp³-hybridized carbons (Fsp3) is 0.778. The molecule has 60 valence electrons. The lowest BCUT2D eigenvalue weighted by molar-refractivity contribution is 0.365. The molecule has 0 bridgehead atoms. The Balaban J connectivity index is 4.11. The molecule has 0 saturated carbocycles. The molecule has 0 saturated heterocycles. The minimum Gasteiger partial charge on any atom is -0.324 e. The Morgan fingerprint density at radius 1 is 1.30 bits per heavy atom. The van der Waals surface area contributed by atoms with Crippen LogP contribution < -0.4 is 5.73 Å². The molecule has 0 spiro atoms. The van der Waals surface area contributed by atoms with Crippen LogP contribution in [0.25, 0.3) is 0 Å². The van der Waals surface area contributed by atoms with Crippen LogP contribution in [-0.4, -0.2) is 6.04 Å². The van der Waals surface area contributed by atoms with E-state index >= 15 is 0 Å². The first kappa shape index (κ1) is 9.70. The van der Waals surface area contributed by atoms with Gasteiger partial charge >= 0.3 is 0 Å². The van der Waals surface area contributed by atoms with Crippen molar-refractivity contribution in [1.82, 2.24) is 0 Å². The molecule has 10 heavy (non-hydrogen) atoms. The third-order valence-electron chi connectivity index (χ3n) is 1.51. The summed E-state index contributed by atoms with van der Waals surface area (Å²) in [5, 5.41) is 0. The molecule has 0 rings (SSSR count). The van der Waals surface area contributed by atoms with Crippen molar-refractivity contribution >= 4 is 0 Å². The average molecular weight is 141 g/mol. The minimum absolute atomic E-state index is 0.178. The zero-order chi connectivity index (χ0) is 8.36. The van der Waals surface area contributed by atoms with Crippen molar-refractivity contribution in [2.45, 2.75) is 40.7 Å². The van der Waals surface area contributed by atoms with Gasteiger partial charge in [-0.3, -0.25) is 0 Å². The maximum absolute atomic E-state index is 5.88. The van der Waals surface area contributed by atoms with Gasteiger partial charge in [-0.2, -0.15) is 0 Å². The highest BCUT2D eigenvalue weighted by Gasteiger charge is 2.17. The molecule has 1 atom stereocenters. The summed E-state index contributed by atoms with van der Waals surface area (Å²) in [6.45, 7) is 10.6. The maximum atomic E-state index is 5.88. The molecule has 0 aliphatic rings. The number of hydrogen-bond donors (Lipinski definition) is 1. The Morgan fingerprint density at radius 2 is 1.70 bits per heavy atom. The highest BCUT2D eigenvalue weighted by atomic mass is 14.7. The zero-order valence-electron chi connectivity index (χ0n) is 7.73. The molecule has 1 nitrogen and oxygen atoms in total. The molecule has 0 radical (unpaired) electrons. The number of hydrogen-bond acceptors (Lipinski definition) is 1. The van der Waals surface area contributed by atoms with Gasteiger partial charge in [0.25, 0.3) is 0 Å². The summed E-state index contributed by atoms with van der Waals surface area (Å²) in [6.07, 6.45) is 2.11.